The van der Waals surface area contributed by atoms with Crippen LogP contribution in [0.2, 0.25) is 0 Å². The number of benzene rings is 1. The minimum atomic E-state index is -0.128. The summed E-state index contributed by atoms with van der Waals surface area (Å²) in [5.41, 5.74) is 4.00. The second-order valence-corrected chi connectivity index (χ2v) is 9.10. The zero-order chi connectivity index (χ0) is 22.6. The molecule has 0 radical (unpaired) electrons. The highest BCUT2D eigenvalue weighted by molar-refractivity contribution is 5.77. The molecule has 0 atom stereocenters. The highest BCUT2D eigenvalue weighted by Gasteiger charge is 2.42. The summed E-state index contributed by atoms with van der Waals surface area (Å²) in [6.07, 6.45) is 6.56. The third kappa shape index (κ3) is 3.39. The summed E-state index contributed by atoms with van der Waals surface area (Å²) >= 11 is 0. The van der Waals surface area contributed by atoms with Gasteiger partial charge in [-0.1, -0.05) is 13.0 Å². The van der Waals surface area contributed by atoms with E-state index in [-0.39, 0.29) is 11.0 Å². The fourth-order valence-electron chi connectivity index (χ4n) is 4.46. The number of fused-ring (bicyclic) bond motifs is 2. The van der Waals surface area contributed by atoms with Crippen LogP contribution in [-0.4, -0.2) is 35.8 Å². The van der Waals surface area contributed by atoms with E-state index in [1.54, 1.807) is 21.8 Å². The molecule has 2 N–H and O–H groups in total. The smallest absolute Gasteiger partial charge is 0.278 e. The molecule has 9 nitrogen and oxygen atoms in total. The molecule has 4 aromatic rings. The minimum absolute atomic E-state index is 0.0271. The van der Waals surface area contributed by atoms with Crippen molar-refractivity contribution in [1.29, 1.82) is 0 Å². The van der Waals surface area contributed by atoms with Crippen molar-refractivity contribution in [2.45, 2.75) is 51.6 Å². The van der Waals surface area contributed by atoms with Gasteiger partial charge in [-0.05, 0) is 56.0 Å². The Morgan fingerprint density at radius 1 is 1.15 bits per heavy atom. The molecule has 6 rings (SSSR count). The molecule has 1 aliphatic heterocycles. The van der Waals surface area contributed by atoms with Gasteiger partial charge in [0.15, 0.2) is 11.5 Å². The number of nitrogens with zero attached hydrogens (tertiary/aromatic N) is 6. The third-order valence-electron chi connectivity index (χ3n) is 6.72. The van der Waals surface area contributed by atoms with Crippen molar-refractivity contribution >= 4 is 22.7 Å². The van der Waals surface area contributed by atoms with Crippen molar-refractivity contribution in [2.24, 2.45) is 0 Å². The average Bonchev–Trinajstić information content (AvgIpc) is 3.54. The zero-order valence-electron chi connectivity index (χ0n) is 18.8. The van der Waals surface area contributed by atoms with Gasteiger partial charge in [0.2, 0.25) is 5.95 Å². The summed E-state index contributed by atoms with van der Waals surface area (Å²) in [5, 5.41) is 7.18. The molecule has 168 valence electrons. The lowest BCUT2D eigenvalue weighted by molar-refractivity contribution is 0.562. The van der Waals surface area contributed by atoms with Crippen LogP contribution in [0.5, 0.6) is 0 Å². The SMILES string of the molecule is CCn1c(=O)c2cnc(Nc3ccc4c(c3)CNCC4)nc2n1-c1ccnc(C2(C)CC2)n1. The first-order chi connectivity index (χ1) is 16.1. The number of rotatable bonds is 5. The molecule has 0 bridgehead atoms. The first kappa shape index (κ1) is 20.0. The van der Waals surface area contributed by atoms with E-state index in [1.165, 1.54) is 11.1 Å². The first-order valence-electron chi connectivity index (χ1n) is 11.5. The summed E-state index contributed by atoms with van der Waals surface area (Å²) in [5.74, 6) is 1.90. The lowest BCUT2D eigenvalue weighted by Gasteiger charge is -2.18. The number of aromatic nitrogens is 6. The van der Waals surface area contributed by atoms with Gasteiger partial charge in [-0.2, -0.15) is 4.98 Å². The molecule has 33 heavy (non-hydrogen) atoms. The van der Waals surface area contributed by atoms with Gasteiger partial charge >= 0.3 is 0 Å². The summed E-state index contributed by atoms with van der Waals surface area (Å²) in [6, 6.07) is 8.16. The normalized spacial score (nSPS) is 16.5. The van der Waals surface area contributed by atoms with Crippen LogP contribution in [-0.2, 0) is 24.9 Å². The van der Waals surface area contributed by atoms with E-state index < -0.39 is 0 Å². The van der Waals surface area contributed by atoms with Crippen LogP contribution < -0.4 is 16.2 Å². The van der Waals surface area contributed by atoms with Crippen LogP contribution >= 0.6 is 0 Å². The molecule has 0 amide bonds. The van der Waals surface area contributed by atoms with Gasteiger partial charge in [-0.3, -0.25) is 4.79 Å². The van der Waals surface area contributed by atoms with E-state index in [0.717, 1.165) is 43.9 Å². The van der Waals surface area contributed by atoms with E-state index in [0.29, 0.717) is 29.3 Å². The van der Waals surface area contributed by atoms with Crippen LogP contribution in [0.15, 0.2) is 41.5 Å². The predicted octanol–water partition coefficient (Wildman–Crippen LogP) is 2.83. The fourth-order valence-corrected chi connectivity index (χ4v) is 4.46. The monoisotopic (exact) mass is 442 g/mol. The third-order valence-corrected chi connectivity index (χ3v) is 6.72. The molecule has 1 aromatic carbocycles. The molecule has 3 aromatic heterocycles. The van der Waals surface area contributed by atoms with Crippen LogP contribution in [0.4, 0.5) is 11.6 Å². The standard InChI is InChI=1S/C24H26N8O/c1-3-31-21(33)18-14-27-23(28-17-5-4-15-6-10-25-13-16(15)12-17)30-20(18)32(31)19-7-11-26-22(29-19)24(2)8-9-24/h4-5,7,11-12,14,25H,3,6,8-10,13H2,1-2H3,(H,27,28,30). The fraction of sp³-hybridized carbons (Fsp3) is 0.375. The predicted molar refractivity (Wildman–Crippen MR) is 126 cm³/mol. The highest BCUT2D eigenvalue weighted by atomic mass is 16.1. The average molecular weight is 443 g/mol. The number of hydrogen-bond donors (Lipinski definition) is 2. The zero-order valence-corrected chi connectivity index (χ0v) is 18.8. The molecule has 1 saturated carbocycles. The Kier molecular flexibility index (Phi) is 4.55. The van der Waals surface area contributed by atoms with Gasteiger partial charge in [0.1, 0.15) is 11.2 Å². The molecule has 0 saturated heterocycles. The minimum Gasteiger partial charge on any atom is -0.324 e. The van der Waals surface area contributed by atoms with Crippen molar-refractivity contribution in [3.05, 3.63) is 64.0 Å². The van der Waals surface area contributed by atoms with Crippen molar-refractivity contribution in [3.63, 3.8) is 0 Å². The number of nitrogens with one attached hydrogen (secondary N) is 2. The maximum Gasteiger partial charge on any atom is 0.278 e. The molecular formula is C24H26N8O. The van der Waals surface area contributed by atoms with Gasteiger partial charge in [-0.25, -0.2) is 24.3 Å². The van der Waals surface area contributed by atoms with E-state index >= 15 is 0 Å². The van der Waals surface area contributed by atoms with Crippen molar-refractivity contribution in [3.8, 4) is 5.82 Å². The van der Waals surface area contributed by atoms with Crippen LogP contribution in [0.1, 0.15) is 43.6 Å². The second-order valence-electron chi connectivity index (χ2n) is 9.10. The van der Waals surface area contributed by atoms with E-state index in [1.807, 2.05) is 13.0 Å². The molecule has 1 aliphatic carbocycles. The maximum absolute atomic E-state index is 13.1. The highest BCUT2D eigenvalue weighted by Crippen LogP contribution is 2.45. The Bertz CT molecular complexity index is 1430. The topological polar surface area (TPSA) is 103 Å². The second kappa shape index (κ2) is 7.48. The summed E-state index contributed by atoms with van der Waals surface area (Å²) < 4.78 is 3.44. The van der Waals surface area contributed by atoms with Gasteiger partial charge in [0.05, 0.1) is 0 Å². The maximum atomic E-state index is 13.1. The Morgan fingerprint density at radius 2 is 2.03 bits per heavy atom. The Balaban J connectivity index is 1.44. The van der Waals surface area contributed by atoms with Crippen LogP contribution in [0.3, 0.4) is 0 Å². The van der Waals surface area contributed by atoms with Gasteiger partial charge in [0.25, 0.3) is 5.56 Å². The molecule has 4 heterocycles. The molecule has 9 heteroatoms. The molecule has 2 aliphatic rings. The van der Waals surface area contributed by atoms with E-state index in [9.17, 15) is 4.79 Å². The number of anilines is 2. The quantitative estimate of drug-likeness (QED) is 0.490. The van der Waals surface area contributed by atoms with Crippen molar-refractivity contribution in [1.82, 2.24) is 34.6 Å². The van der Waals surface area contributed by atoms with Crippen molar-refractivity contribution < 1.29 is 0 Å². The Labute approximate surface area is 190 Å². The Hall–Kier alpha value is -3.59. The molecular weight excluding hydrogens is 416 g/mol. The van der Waals surface area contributed by atoms with Crippen molar-refractivity contribution in [2.75, 3.05) is 11.9 Å². The lowest BCUT2D eigenvalue weighted by Crippen LogP contribution is -2.23. The summed E-state index contributed by atoms with van der Waals surface area (Å²) in [6.45, 7) is 6.47. The van der Waals surface area contributed by atoms with Crippen LogP contribution in [0.25, 0.3) is 16.9 Å². The van der Waals surface area contributed by atoms with E-state index in [4.69, 9.17) is 9.97 Å². The Morgan fingerprint density at radius 3 is 2.85 bits per heavy atom. The first-order valence-corrected chi connectivity index (χ1v) is 11.5. The van der Waals surface area contributed by atoms with Gasteiger partial charge in [-0.15, -0.1) is 0 Å². The summed E-state index contributed by atoms with van der Waals surface area (Å²) in [4.78, 5) is 31.5. The molecule has 1 fully saturated rings. The molecule has 0 unspecified atom stereocenters. The van der Waals surface area contributed by atoms with Gasteiger partial charge in [0, 0.05) is 42.7 Å². The number of hydrogen-bond acceptors (Lipinski definition) is 7. The largest absolute Gasteiger partial charge is 0.324 e. The molecule has 0 spiro atoms. The van der Waals surface area contributed by atoms with Crippen LogP contribution in [0, 0.1) is 0 Å². The lowest BCUT2D eigenvalue weighted by atomic mass is 10.0. The summed E-state index contributed by atoms with van der Waals surface area (Å²) in [7, 11) is 0. The van der Waals surface area contributed by atoms with E-state index in [2.05, 4.69) is 45.7 Å². The van der Waals surface area contributed by atoms with Gasteiger partial charge < -0.3 is 10.6 Å².